The summed E-state index contributed by atoms with van der Waals surface area (Å²) in [6.45, 7) is 0. The van der Waals surface area contributed by atoms with Crippen molar-refractivity contribution >= 4 is 18.4 Å². The van der Waals surface area contributed by atoms with Crippen molar-refractivity contribution in [3.05, 3.63) is 70.7 Å². The summed E-state index contributed by atoms with van der Waals surface area (Å²) in [5.41, 5.74) is 1.68. The molecule has 0 saturated heterocycles. The van der Waals surface area contributed by atoms with E-state index in [9.17, 15) is 4.39 Å². The van der Waals surface area contributed by atoms with Crippen LogP contribution in [0.3, 0.4) is 0 Å². The molecule has 0 aliphatic carbocycles. The first kappa shape index (κ1) is 13.4. The summed E-state index contributed by atoms with van der Waals surface area (Å²) in [4.78, 5) is 0. The summed E-state index contributed by atoms with van der Waals surface area (Å²) in [6.07, 6.45) is 1.61. The maximum atomic E-state index is 12.9. The van der Waals surface area contributed by atoms with Gasteiger partial charge in [0, 0.05) is 5.56 Å². The zero-order valence-electron chi connectivity index (χ0n) is 10.9. The molecular weight excluding hydrogens is 287 g/mol. The van der Waals surface area contributed by atoms with Crippen LogP contribution in [0.2, 0.25) is 0 Å². The fraction of sp³-hybridized carbons (Fsp3) is 0. The minimum atomic E-state index is -0.281. The quantitative estimate of drug-likeness (QED) is 0.593. The molecule has 1 N–H and O–H groups in total. The molecule has 4 nitrogen and oxygen atoms in total. The molecule has 0 spiro atoms. The second-order valence-electron chi connectivity index (χ2n) is 4.33. The van der Waals surface area contributed by atoms with Crippen molar-refractivity contribution in [1.82, 2.24) is 14.9 Å². The van der Waals surface area contributed by atoms with Crippen molar-refractivity contribution in [3.8, 4) is 11.4 Å². The lowest BCUT2D eigenvalue weighted by molar-refractivity contribution is 0.628. The molecule has 0 aliphatic rings. The van der Waals surface area contributed by atoms with Crippen LogP contribution in [0.1, 0.15) is 5.56 Å². The molecule has 1 heterocycles. The molecule has 0 radical (unpaired) electrons. The van der Waals surface area contributed by atoms with E-state index < -0.39 is 0 Å². The van der Waals surface area contributed by atoms with Gasteiger partial charge in [0.05, 0.1) is 6.21 Å². The highest BCUT2D eigenvalue weighted by atomic mass is 32.1. The highest BCUT2D eigenvalue weighted by Crippen LogP contribution is 2.16. The third-order valence-corrected chi connectivity index (χ3v) is 3.14. The summed E-state index contributed by atoms with van der Waals surface area (Å²) < 4.78 is 14.8. The molecular formula is C15H11FN4S. The fourth-order valence-electron chi connectivity index (χ4n) is 1.85. The Morgan fingerprint density at radius 2 is 1.81 bits per heavy atom. The maximum Gasteiger partial charge on any atom is 0.216 e. The lowest BCUT2D eigenvalue weighted by Gasteiger charge is -2.00. The van der Waals surface area contributed by atoms with Crippen LogP contribution in [0, 0.1) is 10.6 Å². The molecule has 0 unspecified atom stereocenters. The molecule has 3 rings (SSSR count). The van der Waals surface area contributed by atoms with Gasteiger partial charge in [0.2, 0.25) is 4.77 Å². The Morgan fingerprint density at radius 3 is 2.52 bits per heavy atom. The number of aromatic nitrogens is 3. The van der Waals surface area contributed by atoms with Crippen LogP contribution in [-0.2, 0) is 0 Å². The smallest absolute Gasteiger partial charge is 0.216 e. The van der Waals surface area contributed by atoms with Gasteiger partial charge in [0.15, 0.2) is 5.82 Å². The third-order valence-electron chi connectivity index (χ3n) is 2.87. The largest absolute Gasteiger partial charge is 0.250 e. The molecule has 0 saturated carbocycles. The van der Waals surface area contributed by atoms with Gasteiger partial charge in [-0.15, -0.1) is 0 Å². The Labute approximate surface area is 125 Å². The predicted molar refractivity (Wildman–Crippen MR) is 82.2 cm³/mol. The molecule has 0 atom stereocenters. The fourth-order valence-corrected chi connectivity index (χ4v) is 2.03. The Balaban J connectivity index is 1.98. The predicted octanol–water partition coefficient (Wildman–Crippen LogP) is 3.63. The van der Waals surface area contributed by atoms with Gasteiger partial charge in [-0.2, -0.15) is 14.9 Å². The van der Waals surface area contributed by atoms with E-state index in [1.165, 1.54) is 16.8 Å². The third kappa shape index (κ3) is 2.95. The monoisotopic (exact) mass is 298 g/mol. The number of aromatic amines is 1. The van der Waals surface area contributed by atoms with Gasteiger partial charge in [-0.1, -0.05) is 42.5 Å². The summed E-state index contributed by atoms with van der Waals surface area (Å²) in [5, 5.41) is 11.2. The van der Waals surface area contributed by atoms with E-state index in [0.29, 0.717) is 10.6 Å². The first-order valence-electron chi connectivity index (χ1n) is 6.27. The summed E-state index contributed by atoms with van der Waals surface area (Å²) in [7, 11) is 0. The van der Waals surface area contributed by atoms with Crippen LogP contribution < -0.4 is 0 Å². The molecule has 0 amide bonds. The van der Waals surface area contributed by atoms with E-state index in [1.807, 2.05) is 30.3 Å². The first-order chi connectivity index (χ1) is 10.2. The number of nitrogens with zero attached hydrogens (tertiary/aromatic N) is 3. The van der Waals surface area contributed by atoms with Gasteiger partial charge < -0.3 is 0 Å². The van der Waals surface area contributed by atoms with Gasteiger partial charge in [-0.25, -0.2) is 9.49 Å². The SMILES string of the molecule is Fc1ccc(/C=N/n2c(-c3ccccc3)n[nH]c2=S)cc1. The molecule has 21 heavy (non-hydrogen) atoms. The average molecular weight is 298 g/mol. The summed E-state index contributed by atoms with van der Waals surface area (Å²) in [6, 6.07) is 15.7. The normalized spacial score (nSPS) is 11.1. The second kappa shape index (κ2) is 5.80. The van der Waals surface area contributed by atoms with Gasteiger partial charge in [-0.05, 0) is 29.9 Å². The van der Waals surface area contributed by atoms with E-state index in [4.69, 9.17) is 12.2 Å². The zero-order valence-corrected chi connectivity index (χ0v) is 11.7. The van der Waals surface area contributed by atoms with E-state index in [2.05, 4.69) is 15.3 Å². The minimum Gasteiger partial charge on any atom is -0.250 e. The van der Waals surface area contributed by atoms with Crippen LogP contribution in [0.4, 0.5) is 4.39 Å². The van der Waals surface area contributed by atoms with E-state index >= 15 is 0 Å². The number of nitrogens with one attached hydrogen (secondary N) is 1. The number of hydrogen-bond acceptors (Lipinski definition) is 3. The van der Waals surface area contributed by atoms with Crippen molar-refractivity contribution in [2.45, 2.75) is 0 Å². The van der Waals surface area contributed by atoms with Gasteiger partial charge in [0.25, 0.3) is 0 Å². The van der Waals surface area contributed by atoms with E-state index in [-0.39, 0.29) is 5.82 Å². The molecule has 0 fully saturated rings. The van der Waals surface area contributed by atoms with Crippen LogP contribution in [0.15, 0.2) is 59.7 Å². The molecule has 1 aromatic heterocycles. The molecule has 6 heteroatoms. The topological polar surface area (TPSA) is 46.0 Å². The van der Waals surface area contributed by atoms with Crippen molar-refractivity contribution in [2.24, 2.45) is 5.10 Å². The van der Waals surface area contributed by atoms with Crippen LogP contribution >= 0.6 is 12.2 Å². The highest BCUT2D eigenvalue weighted by Gasteiger charge is 2.06. The van der Waals surface area contributed by atoms with Gasteiger partial charge in [-0.3, -0.25) is 0 Å². The average Bonchev–Trinajstić information content (AvgIpc) is 2.89. The maximum absolute atomic E-state index is 12.9. The van der Waals surface area contributed by atoms with Crippen LogP contribution in [-0.4, -0.2) is 21.1 Å². The molecule has 3 aromatic rings. The Bertz CT molecular complexity index is 819. The lowest BCUT2D eigenvalue weighted by Crippen LogP contribution is -1.95. The van der Waals surface area contributed by atoms with E-state index in [0.717, 1.165) is 11.1 Å². The standard InChI is InChI=1S/C15H11FN4S/c16-13-8-6-11(7-9-13)10-17-20-14(18-19-15(20)21)12-4-2-1-3-5-12/h1-10H,(H,19,21)/b17-10+. The van der Waals surface area contributed by atoms with E-state index in [1.54, 1.807) is 18.3 Å². The molecule has 0 bridgehead atoms. The Hall–Kier alpha value is -2.60. The van der Waals surface area contributed by atoms with Gasteiger partial charge >= 0.3 is 0 Å². The Kier molecular flexibility index (Phi) is 3.70. The number of hydrogen-bond donors (Lipinski definition) is 1. The number of halogens is 1. The van der Waals surface area contributed by atoms with Crippen LogP contribution in [0.25, 0.3) is 11.4 Å². The number of benzene rings is 2. The van der Waals surface area contributed by atoms with Crippen molar-refractivity contribution in [3.63, 3.8) is 0 Å². The van der Waals surface area contributed by atoms with Crippen molar-refractivity contribution in [1.29, 1.82) is 0 Å². The number of H-pyrrole nitrogens is 1. The summed E-state index contributed by atoms with van der Waals surface area (Å²) >= 11 is 5.18. The Morgan fingerprint density at radius 1 is 1.10 bits per heavy atom. The highest BCUT2D eigenvalue weighted by molar-refractivity contribution is 7.71. The minimum absolute atomic E-state index is 0.281. The molecule has 2 aromatic carbocycles. The first-order valence-corrected chi connectivity index (χ1v) is 6.67. The molecule has 0 aliphatic heterocycles. The molecule has 104 valence electrons. The lowest BCUT2D eigenvalue weighted by atomic mass is 10.2. The second-order valence-corrected chi connectivity index (χ2v) is 4.71. The van der Waals surface area contributed by atoms with Gasteiger partial charge in [0.1, 0.15) is 5.82 Å². The number of rotatable bonds is 3. The van der Waals surface area contributed by atoms with Crippen LogP contribution in [0.5, 0.6) is 0 Å². The zero-order chi connectivity index (χ0) is 14.7. The summed E-state index contributed by atoms with van der Waals surface area (Å²) in [5.74, 6) is 0.344. The van der Waals surface area contributed by atoms with Crippen molar-refractivity contribution < 1.29 is 4.39 Å². The van der Waals surface area contributed by atoms with Crippen molar-refractivity contribution in [2.75, 3.05) is 0 Å².